The minimum Gasteiger partial charge on any atom is -0.389 e. The van der Waals surface area contributed by atoms with Crippen LogP contribution in [0.5, 0.6) is 0 Å². The summed E-state index contributed by atoms with van der Waals surface area (Å²) in [4.78, 5) is 18.7. The molecule has 1 aromatic carbocycles. The van der Waals surface area contributed by atoms with Crippen LogP contribution in [-0.2, 0) is 17.9 Å². The third kappa shape index (κ3) is 5.42. The number of carbonyl (C=O) groups is 1. The first-order chi connectivity index (χ1) is 10.9. The van der Waals surface area contributed by atoms with Crippen molar-refractivity contribution in [3.05, 3.63) is 52.0 Å². The van der Waals surface area contributed by atoms with E-state index >= 15 is 0 Å². The van der Waals surface area contributed by atoms with E-state index in [1.165, 1.54) is 11.3 Å². The predicted molar refractivity (Wildman–Crippen MR) is 90.3 cm³/mol. The molecule has 1 aromatic heterocycles. The van der Waals surface area contributed by atoms with E-state index in [4.69, 9.17) is 4.74 Å². The van der Waals surface area contributed by atoms with E-state index in [1.54, 1.807) is 31.2 Å². The van der Waals surface area contributed by atoms with E-state index in [0.29, 0.717) is 18.8 Å². The number of amides is 1. The van der Waals surface area contributed by atoms with Crippen LogP contribution in [0.2, 0.25) is 0 Å². The molecule has 0 aliphatic rings. The fourth-order valence-corrected chi connectivity index (χ4v) is 2.97. The minimum absolute atomic E-state index is 0.186. The second-order valence-electron chi connectivity index (χ2n) is 6.02. The molecule has 0 radical (unpaired) electrons. The third-order valence-electron chi connectivity index (χ3n) is 3.12. The number of methoxy groups -OCH3 is 1. The molecule has 124 valence electrons. The lowest BCUT2D eigenvalue weighted by Crippen LogP contribution is -2.42. The molecule has 1 amide bonds. The number of rotatable bonds is 7. The molecule has 0 fully saturated rings. The SMILES string of the molecule is COCc1nc(C(=O)N(Cc2ccccc2)CC(C)(C)O)cs1. The summed E-state index contributed by atoms with van der Waals surface area (Å²) >= 11 is 1.40. The molecule has 1 heterocycles. The number of nitrogens with zero attached hydrogens (tertiary/aromatic N) is 2. The summed E-state index contributed by atoms with van der Waals surface area (Å²) in [6.07, 6.45) is 0. The van der Waals surface area contributed by atoms with Crippen LogP contribution < -0.4 is 0 Å². The zero-order chi connectivity index (χ0) is 16.9. The van der Waals surface area contributed by atoms with Crippen LogP contribution in [0.25, 0.3) is 0 Å². The van der Waals surface area contributed by atoms with Gasteiger partial charge in [0.2, 0.25) is 0 Å². The molecule has 2 aromatic rings. The maximum Gasteiger partial charge on any atom is 0.273 e. The second kappa shape index (κ2) is 7.68. The predicted octanol–water partition coefficient (Wildman–Crippen LogP) is 2.70. The van der Waals surface area contributed by atoms with Crippen molar-refractivity contribution >= 4 is 17.2 Å². The molecule has 23 heavy (non-hydrogen) atoms. The Balaban J connectivity index is 2.19. The first-order valence-electron chi connectivity index (χ1n) is 7.38. The standard InChI is InChI=1S/C17H22N2O3S/c1-17(2,21)12-19(9-13-7-5-4-6-8-13)16(20)14-11-23-15(18-14)10-22-3/h4-8,11,21H,9-10,12H2,1-3H3. The fourth-order valence-electron chi connectivity index (χ4n) is 2.23. The summed E-state index contributed by atoms with van der Waals surface area (Å²) in [5, 5.41) is 12.6. The van der Waals surface area contributed by atoms with Gasteiger partial charge in [-0.05, 0) is 19.4 Å². The van der Waals surface area contributed by atoms with Crippen LogP contribution in [0.3, 0.4) is 0 Å². The zero-order valence-electron chi connectivity index (χ0n) is 13.7. The van der Waals surface area contributed by atoms with E-state index in [0.717, 1.165) is 10.6 Å². The van der Waals surface area contributed by atoms with Crippen LogP contribution in [0.4, 0.5) is 0 Å². The Hall–Kier alpha value is -1.76. The number of ether oxygens (including phenoxy) is 1. The number of hydrogen-bond donors (Lipinski definition) is 1. The molecule has 0 spiro atoms. The summed E-state index contributed by atoms with van der Waals surface area (Å²) in [7, 11) is 1.60. The first-order valence-corrected chi connectivity index (χ1v) is 8.26. The zero-order valence-corrected chi connectivity index (χ0v) is 14.5. The van der Waals surface area contributed by atoms with Crippen molar-refractivity contribution in [3.8, 4) is 0 Å². The lowest BCUT2D eigenvalue weighted by molar-refractivity contribution is 0.0277. The van der Waals surface area contributed by atoms with Crippen molar-refractivity contribution in [2.24, 2.45) is 0 Å². The quantitative estimate of drug-likeness (QED) is 0.846. The molecular weight excluding hydrogens is 312 g/mol. The normalized spacial score (nSPS) is 11.5. The van der Waals surface area contributed by atoms with Crippen LogP contribution in [-0.4, -0.2) is 40.2 Å². The van der Waals surface area contributed by atoms with Gasteiger partial charge in [0.05, 0.1) is 12.2 Å². The van der Waals surface area contributed by atoms with Gasteiger partial charge in [-0.2, -0.15) is 0 Å². The van der Waals surface area contributed by atoms with Gasteiger partial charge in [-0.15, -0.1) is 11.3 Å². The fraction of sp³-hybridized carbons (Fsp3) is 0.412. The van der Waals surface area contributed by atoms with Gasteiger partial charge in [0.25, 0.3) is 5.91 Å². The molecule has 0 aliphatic carbocycles. The molecule has 0 aliphatic heterocycles. The highest BCUT2D eigenvalue weighted by molar-refractivity contribution is 7.09. The van der Waals surface area contributed by atoms with E-state index in [9.17, 15) is 9.90 Å². The summed E-state index contributed by atoms with van der Waals surface area (Å²) < 4.78 is 5.04. The minimum atomic E-state index is -0.976. The second-order valence-corrected chi connectivity index (χ2v) is 6.96. The smallest absolute Gasteiger partial charge is 0.273 e. The van der Waals surface area contributed by atoms with Crippen molar-refractivity contribution in [1.82, 2.24) is 9.88 Å². The molecule has 2 rings (SSSR count). The van der Waals surface area contributed by atoms with Gasteiger partial charge in [0, 0.05) is 25.6 Å². The number of thiazole rings is 1. The number of benzene rings is 1. The van der Waals surface area contributed by atoms with Crippen molar-refractivity contribution in [2.45, 2.75) is 32.6 Å². The van der Waals surface area contributed by atoms with Gasteiger partial charge in [0.15, 0.2) is 0 Å². The first kappa shape index (κ1) is 17.6. The lowest BCUT2D eigenvalue weighted by Gasteiger charge is -2.28. The Morgan fingerprint density at radius 2 is 2.04 bits per heavy atom. The number of aromatic nitrogens is 1. The van der Waals surface area contributed by atoms with Gasteiger partial charge in [0.1, 0.15) is 10.7 Å². The molecule has 0 saturated carbocycles. The van der Waals surface area contributed by atoms with Gasteiger partial charge in [-0.1, -0.05) is 30.3 Å². The van der Waals surface area contributed by atoms with Gasteiger partial charge in [-0.25, -0.2) is 4.98 Å². The van der Waals surface area contributed by atoms with Gasteiger partial charge >= 0.3 is 0 Å². The Kier molecular flexibility index (Phi) is 5.87. The monoisotopic (exact) mass is 334 g/mol. The van der Waals surface area contributed by atoms with E-state index in [-0.39, 0.29) is 12.5 Å². The third-order valence-corrected chi connectivity index (χ3v) is 3.94. The lowest BCUT2D eigenvalue weighted by atomic mass is 10.1. The molecule has 1 N–H and O–H groups in total. The number of carbonyl (C=O) groups excluding carboxylic acids is 1. The highest BCUT2D eigenvalue weighted by Crippen LogP contribution is 2.17. The van der Waals surface area contributed by atoms with E-state index in [2.05, 4.69) is 4.98 Å². The van der Waals surface area contributed by atoms with Gasteiger partial charge < -0.3 is 14.7 Å². The molecule has 5 nitrogen and oxygen atoms in total. The maximum absolute atomic E-state index is 12.8. The molecule has 0 bridgehead atoms. The number of aliphatic hydroxyl groups is 1. The van der Waals surface area contributed by atoms with Crippen LogP contribution >= 0.6 is 11.3 Å². The van der Waals surface area contributed by atoms with Crippen molar-refractivity contribution < 1.29 is 14.6 Å². The van der Waals surface area contributed by atoms with E-state index < -0.39 is 5.60 Å². The van der Waals surface area contributed by atoms with Crippen molar-refractivity contribution in [3.63, 3.8) is 0 Å². The molecule has 0 atom stereocenters. The van der Waals surface area contributed by atoms with Crippen LogP contribution in [0.1, 0.15) is 34.9 Å². The Morgan fingerprint density at radius 3 is 2.65 bits per heavy atom. The molecular formula is C17H22N2O3S. The Labute approximate surface area is 140 Å². The highest BCUT2D eigenvalue weighted by Gasteiger charge is 2.25. The summed E-state index contributed by atoms with van der Waals surface area (Å²) in [6.45, 7) is 4.44. The van der Waals surface area contributed by atoms with Crippen molar-refractivity contribution in [2.75, 3.05) is 13.7 Å². The summed E-state index contributed by atoms with van der Waals surface area (Å²) in [5.41, 5.74) is 0.426. The number of hydrogen-bond acceptors (Lipinski definition) is 5. The highest BCUT2D eigenvalue weighted by atomic mass is 32.1. The van der Waals surface area contributed by atoms with Crippen molar-refractivity contribution in [1.29, 1.82) is 0 Å². The van der Waals surface area contributed by atoms with E-state index in [1.807, 2.05) is 30.3 Å². The Bertz CT molecular complexity index is 635. The largest absolute Gasteiger partial charge is 0.389 e. The maximum atomic E-state index is 12.8. The average molecular weight is 334 g/mol. The summed E-state index contributed by atoms with van der Waals surface area (Å²) in [5.74, 6) is -0.186. The van der Waals surface area contributed by atoms with Crippen LogP contribution in [0.15, 0.2) is 35.7 Å². The topological polar surface area (TPSA) is 62.7 Å². The van der Waals surface area contributed by atoms with Crippen LogP contribution in [0, 0.1) is 0 Å². The molecule has 0 unspecified atom stereocenters. The summed E-state index contributed by atoms with van der Waals surface area (Å²) in [6, 6.07) is 9.72. The Morgan fingerprint density at radius 1 is 1.35 bits per heavy atom. The van der Waals surface area contributed by atoms with Gasteiger partial charge in [-0.3, -0.25) is 4.79 Å². The molecule has 0 saturated heterocycles. The molecule has 6 heteroatoms. The average Bonchev–Trinajstić information content (AvgIpc) is 2.94.